The summed E-state index contributed by atoms with van der Waals surface area (Å²) in [6.07, 6.45) is 7.40. The summed E-state index contributed by atoms with van der Waals surface area (Å²) in [4.78, 5) is 14.2. The van der Waals surface area contributed by atoms with E-state index in [0.717, 1.165) is 25.9 Å². The molecule has 0 aromatic carbocycles. The number of amides is 1. The van der Waals surface area contributed by atoms with Crippen LogP contribution in [0, 0.1) is 18.3 Å². The number of nitrogens with zero attached hydrogens (tertiary/aromatic N) is 1. The molecule has 0 bridgehead atoms. The van der Waals surface area contributed by atoms with Gasteiger partial charge in [-0.05, 0) is 32.4 Å². The van der Waals surface area contributed by atoms with Crippen molar-refractivity contribution >= 4 is 15.7 Å². The number of rotatable bonds is 3. The number of hydrogen-bond acceptors (Lipinski definition) is 4. The van der Waals surface area contributed by atoms with Gasteiger partial charge in [0, 0.05) is 12.0 Å². The Morgan fingerprint density at radius 3 is 2.53 bits per heavy atom. The van der Waals surface area contributed by atoms with Crippen LogP contribution in [0.4, 0.5) is 0 Å². The van der Waals surface area contributed by atoms with Crippen LogP contribution in [-0.4, -0.2) is 56.4 Å². The van der Waals surface area contributed by atoms with Crippen molar-refractivity contribution < 1.29 is 13.2 Å². The first-order valence-corrected chi connectivity index (χ1v) is 8.49. The monoisotopic (exact) mass is 284 g/mol. The normalized spacial score (nSPS) is 27.8. The Kier molecular flexibility index (Phi) is 4.48. The minimum absolute atomic E-state index is 0.00228. The van der Waals surface area contributed by atoms with Gasteiger partial charge in [-0.2, -0.15) is 0 Å². The van der Waals surface area contributed by atoms with E-state index in [1.54, 1.807) is 0 Å². The van der Waals surface area contributed by atoms with Crippen molar-refractivity contribution in [1.82, 2.24) is 10.2 Å². The average Bonchev–Trinajstić information content (AvgIpc) is 2.70. The van der Waals surface area contributed by atoms with Gasteiger partial charge in [0.25, 0.3) is 0 Å². The molecule has 19 heavy (non-hydrogen) atoms. The SMILES string of the molecule is C#CCN1CCC(C(=O)N[C@H]2CCS(=O)(=O)C2)CC1. The first-order valence-electron chi connectivity index (χ1n) is 6.67. The Hall–Kier alpha value is -1.06. The molecular weight excluding hydrogens is 264 g/mol. The standard InChI is InChI=1S/C13H20N2O3S/c1-2-6-15-7-3-11(4-8-15)13(16)14-12-5-9-19(17,18)10-12/h1,11-12H,3-10H2,(H,14,16)/t12-/m0/s1. The number of likely N-dealkylation sites (tertiary alicyclic amines) is 1. The van der Waals surface area contributed by atoms with Crippen LogP contribution >= 0.6 is 0 Å². The molecule has 2 aliphatic heterocycles. The van der Waals surface area contributed by atoms with Crippen LogP contribution in [0.25, 0.3) is 0 Å². The summed E-state index contributed by atoms with van der Waals surface area (Å²) in [6.45, 7) is 2.31. The number of piperidine rings is 1. The van der Waals surface area contributed by atoms with Crippen molar-refractivity contribution in [2.24, 2.45) is 5.92 Å². The molecule has 6 heteroatoms. The van der Waals surface area contributed by atoms with E-state index in [2.05, 4.69) is 16.1 Å². The van der Waals surface area contributed by atoms with Crippen LogP contribution in [-0.2, 0) is 14.6 Å². The van der Waals surface area contributed by atoms with Gasteiger partial charge >= 0.3 is 0 Å². The van der Waals surface area contributed by atoms with E-state index in [1.807, 2.05) is 0 Å². The fourth-order valence-electron chi connectivity index (χ4n) is 2.71. The van der Waals surface area contributed by atoms with Gasteiger partial charge in [-0.15, -0.1) is 6.42 Å². The molecule has 2 fully saturated rings. The third-order valence-electron chi connectivity index (χ3n) is 3.85. The van der Waals surface area contributed by atoms with Crippen molar-refractivity contribution in [3.05, 3.63) is 0 Å². The number of sulfone groups is 1. The molecule has 1 atom stereocenters. The molecule has 0 unspecified atom stereocenters. The van der Waals surface area contributed by atoms with Gasteiger partial charge in [-0.25, -0.2) is 8.42 Å². The topological polar surface area (TPSA) is 66.5 Å². The van der Waals surface area contributed by atoms with Gasteiger partial charge in [0.05, 0.1) is 18.1 Å². The molecule has 0 radical (unpaired) electrons. The van der Waals surface area contributed by atoms with Crippen LogP contribution in [0.2, 0.25) is 0 Å². The highest BCUT2D eigenvalue weighted by atomic mass is 32.2. The second-order valence-corrected chi connectivity index (χ2v) is 7.59. The van der Waals surface area contributed by atoms with E-state index in [4.69, 9.17) is 6.42 Å². The van der Waals surface area contributed by atoms with E-state index in [1.165, 1.54) is 0 Å². The Labute approximate surface area is 114 Å². The summed E-state index contributed by atoms with van der Waals surface area (Å²) in [5, 5.41) is 2.87. The fraction of sp³-hybridized carbons (Fsp3) is 0.769. The highest BCUT2D eigenvalue weighted by molar-refractivity contribution is 7.91. The highest BCUT2D eigenvalue weighted by Crippen LogP contribution is 2.18. The maximum atomic E-state index is 12.1. The van der Waals surface area contributed by atoms with E-state index < -0.39 is 9.84 Å². The maximum absolute atomic E-state index is 12.1. The Bertz CT molecular complexity index is 473. The van der Waals surface area contributed by atoms with E-state index in [9.17, 15) is 13.2 Å². The molecule has 106 valence electrons. The predicted octanol–water partition coefficient (Wildman–Crippen LogP) is -0.365. The molecule has 2 rings (SSSR count). The third-order valence-corrected chi connectivity index (χ3v) is 5.62. The van der Waals surface area contributed by atoms with Crippen LogP contribution in [0.1, 0.15) is 19.3 Å². The first-order chi connectivity index (χ1) is 9.00. The Balaban J connectivity index is 1.78. The van der Waals surface area contributed by atoms with Crippen molar-refractivity contribution in [2.45, 2.75) is 25.3 Å². The second kappa shape index (κ2) is 5.93. The lowest BCUT2D eigenvalue weighted by Gasteiger charge is -2.30. The van der Waals surface area contributed by atoms with E-state index in [0.29, 0.717) is 13.0 Å². The van der Waals surface area contributed by atoms with Gasteiger partial charge in [0.2, 0.25) is 5.91 Å². The van der Waals surface area contributed by atoms with Crippen molar-refractivity contribution in [3.63, 3.8) is 0 Å². The van der Waals surface area contributed by atoms with Gasteiger partial charge < -0.3 is 5.32 Å². The minimum Gasteiger partial charge on any atom is -0.352 e. The molecule has 0 aromatic rings. The summed E-state index contributed by atoms with van der Waals surface area (Å²) in [6, 6.07) is -0.193. The number of carbonyl (C=O) groups is 1. The predicted molar refractivity (Wildman–Crippen MR) is 73.2 cm³/mol. The smallest absolute Gasteiger partial charge is 0.223 e. The molecule has 0 aliphatic carbocycles. The number of terminal acetylenes is 1. The van der Waals surface area contributed by atoms with Gasteiger partial charge in [0.15, 0.2) is 9.84 Å². The summed E-state index contributed by atoms with van der Waals surface area (Å²) >= 11 is 0. The van der Waals surface area contributed by atoms with E-state index in [-0.39, 0.29) is 29.4 Å². The molecule has 2 saturated heterocycles. The Morgan fingerprint density at radius 1 is 1.32 bits per heavy atom. The van der Waals surface area contributed by atoms with E-state index >= 15 is 0 Å². The molecule has 1 N–H and O–H groups in total. The maximum Gasteiger partial charge on any atom is 0.223 e. The molecule has 1 amide bonds. The van der Waals surface area contributed by atoms with Crippen LogP contribution in [0.5, 0.6) is 0 Å². The molecule has 0 saturated carbocycles. The van der Waals surface area contributed by atoms with Crippen LogP contribution in [0.3, 0.4) is 0 Å². The van der Waals surface area contributed by atoms with Gasteiger partial charge in [-0.3, -0.25) is 9.69 Å². The molecule has 5 nitrogen and oxygen atoms in total. The number of nitrogens with one attached hydrogen (secondary N) is 1. The third kappa shape index (κ3) is 3.95. The van der Waals surface area contributed by atoms with Crippen LogP contribution in [0.15, 0.2) is 0 Å². The summed E-state index contributed by atoms with van der Waals surface area (Å²) in [7, 11) is -2.93. The lowest BCUT2D eigenvalue weighted by molar-refractivity contribution is -0.126. The van der Waals surface area contributed by atoms with Crippen molar-refractivity contribution in [1.29, 1.82) is 0 Å². The molecule has 2 heterocycles. The largest absolute Gasteiger partial charge is 0.352 e. The summed E-state index contributed by atoms with van der Waals surface area (Å²) in [5.41, 5.74) is 0. The lowest BCUT2D eigenvalue weighted by Crippen LogP contribution is -2.44. The summed E-state index contributed by atoms with van der Waals surface area (Å²) in [5.74, 6) is 2.89. The molecule has 0 aromatic heterocycles. The van der Waals surface area contributed by atoms with Crippen molar-refractivity contribution in [3.8, 4) is 12.3 Å². The highest BCUT2D eigenvalue weighted by Gasteiger charge is 2.31. The molecular formula is C13H20N2O3S. The zero-order valence-corrected chi connectivity index (χ0v) is 11.8. The minimum atomic E-state index is -2.93. The van der Waals surface area contributed by atoms with Crippen LogP contribution < -0.4 is 5.32 Å². The Morgan fingerprint density at radius 2 is 2.00 bits per heavy atom. The quantitative estimate of drug-likeness (QED) is 0.719. The molecule has 2 aliphatic rings. The zero-order chi connectivity index (χ0) is 13.9. The zero-order valence-electron chi connectivity index (χ0n) is 11.0. The number of hydrogen-bond donors (Lipinski definition) is 1. The summed E-state index contributed by atoms with van der Waals surface area (Å²) < 4.78 is 22.7. The van der Waals surface area contributed by atoms with Gasteiger partial charge in [0.1, 0.15) is 0 Å². The first kappa shape index (κ1) is 14.4. The lowest BCUT2D eigenvalue weighted by atomic mass is 9.95. The van der Waals surface area contributed by atoms with Crippen molar-refractivity contribution in [2.75, 3.05) is 31.1 Å². The fourth-order valence-corrected chi connectivity index (χ4v) is 4.38. The average molecular weight is 284 g/mol. The number of carbonyl (C=O) groups excluding carboxylic acids is 1. The second-order valence-electron chi connectivity index (χ2n) is 5.36. The molecule has 0 spiro atoms. The van der Waals surface area contributed by atoms with Gasteiger partial charge in [-0.1, -0.05) is 5.92 Å².